The fourth-order valence-corrected chi connectivity index (χ4v) is 6.02. The zero-order valence-corrected chi connectivity index (χ0v) is 24.4. The number of hydrogen-bond acceptors (Lipinski definition) is 8. The summed E-state index contributed by atoms with van der Waals surface area (Å²) < 4.78 is 32.9. The predicted molar refractivity (Wildman–Crippen MR) is 164 cm³/mol. The fraction of sp³-hybridized carbons (Fsp3) is 0.250. The van der Waals surface area contributed by atoms with E-state index in [2.05, 4.69) is 31.2 Å². The van der Waals surface area contributed by atoms with Crippen LogP contribution in [0, 0.1) is 11.6 Å². The largest absolute Gasteiger partial charge is 0.383 e. The molecule has 0 saturated carbocycles. The monoisotopic (exact) mass is 600 g/mol. The van der Waals surface area contributed by atoms with E-state index >= 15 is 0 Å². The van der Waals surface area contributed by atoms with E-state index in [1.165, 1.54) is 17.4 Å². The lowest BCUT2D eigenvalue weighted by molar-refractivity contribution is 0.0938. The molecule has 1 N–H and O–H groups in total. The van der Waals surface area contributed by atoms with Crippen molar-refractivity contribution in [3.05, 3.63) is 95.8 Å². The molecule has 2 aromatic carbocycles. The topological polar surface area (TPSA) is 83.5 Å². The molecule has 3 aromatic heterocycles. The average Bonchev–Trinajstić information content (AvgIpc) is 3.44. The molecule has 0 atom stereocenters. The number of nitrogens with one attached hydrogen (secondary N) is 1. The van der Waals surface area contributed by atoms with Crippen LogP contribution in [-0.2, 0) is 11.3 Å². The molecule has 1 aliphatic rings. The Hall–Kier alpha value is -4.16. The number of methoxy groups -OCH3 is 1. The number of carbonyl (C=O) groups excluding carboxylic acids is 1. The van der Waals surface area contributed by atoms with E-state index in [0.29, 0.717) is 5.69 Å². The van der Waals surface area contributed by atoms with Gasteiger partial charge < -0.3 is 10.1 Å². The van der Waals surface area contributed by atoms with Gasteiger partial charge in [0.2, 0.25) is 0 Å². The summed E-state index contributed by atoms with van der Waals surface area (Å²) >= 11 is 1.46. The molecule has 1 aliphatic heterocycles. The van der Waals surface area contributed by atoms with Gasteiger partial charge in [-0.05, 0) is 48.0 Å². The van der Waals surface area contributed by atoms with Crippen molar-refractivity contribution in [2.75, 3.05) is 51.8 Å². The summed E-state index contributed by atoms with van der Waals surface area (Å²) in [6.07, 6.45) is 1.91. The first-order chi connectivity index (χ1) is 21.0. The molecule has 5 aromatic rings. The van der Waals surface area contributed by atoms with Gasteiger partial charge in [0.1, 0.15) is 32.7 Å². The molecule has 0 aliphatic carbocycles. The summed E-state index contributed by atoms with van der Waals surface area (Å²) in [7, 11) is 1.73. The lowest BCUT2D eigenvalue weighted by Gasteiger charge is -2.34. The van der Waals surface area contributed by atoms with Crippen LogP contribution in [-0.4, -0.2) is 77.1 Å². The van der Waals surface area contributed by atoms with Gasteiger partial charge in [0.05, 0.1) is 18.0 Å². The van der Waals surface area contributed by atoms with Crippen molar-refractivity contribution in [3.8, 4) is 21.8 Å². The Morgan fingerprint density at radius 2 is 1.77 bits per heavy atom. The molecule has 1 amide bonds. The third-order valence-corrected chi connectivity index (χ3v) is 8.39. The number of rotatable bonds is 9. The molecule has 8 nitrogen and oxygen atoms in total. The van der Waals surface area contributed by atoms with Crippen molar-refractivity contribution in [1.82, 2.24) is 24.8 Å². The number of fused-ring (bicyclic) bond motifs is 1. The SMILES string of the molecule is COCCN1CCN(Cc2cnc3sc(-c4ccccc4NC(=O)c4cccc(-c5ccc(F)cc5F)n4)nc3c2)CC1. The average molecular weight is 601 g/mol. The number of anilines is 1. The van der Waals surface area contributed by atoms with E-state index < -0.39 is 17.5 Å². The highest BCUT2D eigenvalue weighted by atomic mass is 32.1. The van der Waals surface area contributed by atoms with Gasteiger partial charge in [-0.1, -0.05) is 29.5 Å². The van der Waals surface area contributed by atoms with Crippen molar-refractivity contribution in [2.24, 2.45) is 0 Å². The minimum Gasteiger partial charge on any atom is -0.383 e. The Morgan fingerprint density at radius 3 is 2.58 bits per heavy atom. The highest BCUT2D eigenvalue weighted by Gasteiger charge is 2.19. The number of aromatic nitrogens is 3. The molecule has 0 bridgehead atoms. The maximum atomic E-state index is 14.3. The predicted octanol–water partition coefficient (Wildman–Crippen LogP) is 5.71. The van der Waals surface area contributed by atoms with Crippen molar-refractivity contribution in [3.63, 3.8) is 0 Å². The maximum Gasteiger partial charge on any atom is 0.274 e. The number of amides is 1. The second-order valence-electron chi connectivity index (χ2n) is 10.3. The standard InChI is InChI=1S/C32H30F2N6O2S/c1-42-16-15-39-11-13-40(14-12-39)20-21-17-29-32(35-19-21)43-31(38-29)24-5-2-3-6-27(24)37-30(41)28-8-4-7-26(36-28)23-10-9-22(33)18-25(23)34/h2-10,17-19H,11-16,20H2,1H3,(H,37,41). The van der Waals surface area contributed by atoms with Crippen molar-refractivity contribution >= 4 is 33.3 Å². The van der Waals surface area contributed by atoms with Crippen LogP contribution in [0.4, 0.5) is 14.5 Å². The van der Waals surface area contributed by atoms with Crippen LogP contribution in [0.3, 0.4) is 0 Å². The number of ether oxygens (including phenoxy) is 1. The summed E-state index contributed by atoms with van der Waals surface area (Å²) in [6, 6.07) is 17.5. The van der Waals surface area contributed by atoms with E-state index in [1.807, 2.05) is 24.4 Å². The Labute approximate surface area is 252 Å². The molecular weight excluding hydrogens is 570 g/mol. The van der Waals surface area contributed by atoms with Crippen LogP contribution in [0.25, 0.3) is 32.2 Å². The highest BCUT2D eigenvalue weighted by Crippen LogP contribution is 2.34. The lowest BCUT2D eigenvalue weighted by atomic mass is 10.1. The second kappa shape index (κ2) is 13.0. The van der Waals surface area contributed by atoms with Gasteiger partial charge in [0, 0.05) is 69.8 Å². The molecule has 0 unspecified atom stereocenters. The van der Waals surface area contributed by atoms with Crippen molar-refractivity contribution in [2.45, 2.75) is 6.54 Å². The van der Waals surface area contributed by atoms with Crippen LogP contribution in [0.1, 0.15) is 16.1 Å². The number of carbonyl (C=O) groups is 1. The molecule has 1 saturated heterocycles. The summed E-state index contributed by atoms with van der Waals surface area (Å²) in [4.78, 5) is 32.8. The first-order valence-electron chi connectivity index (χ1n) is 14.0. The molecule has 1 fully saturated rings. The zero-order valence-electron chi connectivity index (χ0n) is 23.6. The van der Waals surface area contributed by atoms with Crippen LogP contribution in [0.5, 0.6) is 0 Å². The smallest absolute Gasteiger partial charge is 0.274 e. The van der Waals surface area contributed by atoms with Crippen LogP contribution in [0.15, 0.2) is 72.9 Å². The summed E-state index contributed by atoms with van der Waals surface area (Å²) in [5.41, 5.74) is 3.70. The number of hydrogen-bond donors (Lipinski definition) is 1. The normalized spacial score (nSPS) is 14.3. The van der Waals surface area contributed by atoms with Crippen molar-refractivity contribution < 1.29 is 18.3 Å². The third-order valence-electron chi connectivity index (χ3n) is 7.38. The molecule has 0 spiro atoms. The minimum absolute atomic E-state index is 0.103. The Morgan fingerprint density at radius 1 is 0.953 bits per heavy atom. The molecule has 0 radical (unpaired) electrons. The van der Waals surface area contributed by atoms with Gasteiger partial charge in [-0.25, -0.2) is 23.7 Å². The second-order valence-corrected chi connectivity index (χ2v) is 11.3. The van der Waals surface area contributed by atoms with E-state index in [9.17, 15) is 13.6 Å². The van der Waals surface area contributed by atoms with Gasteiger partial charge in [0.15, 0.2) is 0 Å². The first-order valence-corrected chi connectivity index (χ1v) is 14.8. The molecule has 43 heavy (non-hydrogen) atoms. The van der Waals surface area contributed by atoms with Crippen molar-refractivity contribution in [1.29, 1.82) is 0 Å². The number of thiazole rings is 1. The molecule has 6 rings (SSSR count). The molecule has 220 valence electrons. The number of nitrogens with zero attached hydrogens (tertiary/aromatic N) is 5. The van der Waals surface area contributed by atoms with Crippen LogP contribution in [0.2, 0.25) is 0 Å². The Kier molecular flexibility index (Phi) is 8.75. The van der Waals surface area contributed by atoms with Gasteiger partial charge in [-0.2, -0.15) is 0 Å². The maximum absolute atomic E-state index is 14.3. The molecule has 11 heteroatoms. The van der Waals surface area contributed by atoms with E-state index in [1.54, 1.807) is 31.4 Å². The lowest BCUT2D eigenvalue weighted by Crippen LogP contribution is -2.46. The summed E-state index contributed by atoms with van der Waals surface area (Å²) in [6.45, 7) is 6.55. The highest BCUT2D eigenvalue weighted by molar-refractivity contribution is 7.21. The number of halogens is 2. The zero-order chi connectivity index (χ0) is 29.8. The molecule has 4 heterocycles. The van der Waals surface area contributed by atoms with E-state index in [4.69, 9.17) is 9.72 Å². The number of para-hydroxylation sites is 1. The van der Waals surface area contributed by atoms with E-state index in [-0.39, 0.29) is 17.0 Å². The van der Waals surface area contributed by atoms with Gasteiger partial charge in [0.25, 0.3) is 5.91 Å². The van der Waals surface area contributed by atoms with Crippen LogP contribution < -0.4 is 5.32 Å². The number of piperazine rings is 1. The number of benzene rings is 2. The quantitative estimate of drug-likeness (QED) is 0.232. The van der Waals surface area contributed by atoms with Gasteiger partial charge >= 0.3 is 0 Å². The molecular formula is C32H30F2N6O2S. The minimum atomic E-state index is -0.747. The summed E-state index contributed by atoms with van der Waals surface area (Å²) in [5.74, 6) is -1.88. The Balaban J connectivity index is 1.17. The number of pyridine rings is 2. The first kappa shape index (κ1) is 28.9. The Bertz CT molecular complexity index is 1760. The van der Waals surface area contributed by atoms with Gasteiger partial charge in [-0.3, -0.25) is 14.6 Å². The van der Waals surface area contributed by atoms with Crippen LogP contribution >= 0.6 is 11.3 Å². The van der Waals surface area contributed by atoms with E-state index in [0.717, 1.165) is 84.5 Å². The van der Waals surface area contributed by atoms with Gasteiger partial charge in [-0.15, -0.1) is 0 Å². The fourth-order valence-electron chi connectivity index (χ4n) is 5.09. The summed E-state index contributed by atoms with van der Waals surface area (Å²) in [5, 5.41) is 3.66. The third kappa shape index (κ3) is 6.75.